The van der Waals surface area contributed by atoms with Crippen LogP contribution < -0.4 is 5.32 Å². The topological polar surface area (TPSA) is 74.6 Å². The molecule has 0 aliphatic heterocycles. The van der Waals surface area contributed by atoms with Crippen LogP contribution in [0.5, 0.6) is 0 Å². The fourth-order valence-electron chi connectivity index (χ4n) is 2.16. The van der Waals surface area contributed by atoms with E-state index in [2.05, 4.69) is 20.3 Å². The molecular formula is C16H15N5S. The Morgan fingerprint density at radius 1 is 1.23 bits per heavy atom. The van der Waals surface area contributed by atoms with Crippen LogP contribution >= 0.6 is 11.3 Å². The zero-order valence-corrected chi connectivity index (χ0v) is 13.1. The van der Waals surface area contributed by atoms with Gasteiger partial charge in [0.25, 0.3) is 0 Å². The van der Waals surface area contributed by atoms with Gasteiger partial charge in [0.15, 0.2) is 0 Å². The lowest BCUT2D eigenvalue weighted by Crippen LogP contribution is -1.98. The van der Waals surface area contributed by atoms with Crippen molar-refractivity contribution in [1.29, 1.82) is 5.41 Å². The number of rotatable bonds is 4. The van der Waals surface area contributed by atoms with E-state index in [0.29, 0.717) is 5.82 Å². The molecule has 6 heteroatoms. The Morgan fingerprint density at radius 3 is 2.77 bits per heavy atom. The molecule has 0 aromatic carbocycles. The van der Waals surface area contributed by atoms with E-state index < -0.39 is 0 Å². The highest BCUT2D eigenvalue weighted by molar-refractivity contribution is 7.18. The van der Waals surface area contributed by atoms with E-state index in [9.17, 15) is 0 Å². The number of thiazole rings is 1. The first kappa shape index (κ1) is 14.3. The van der Waals surface area contributed by atoms with Crippen molar-refractivity contribution in [2.75, 3.05) is 12.4 Å². The highest BCUT2D eigenvalue weighted by Crippen LogP contribution is 2.34. The minimum atomic E-state index is 0.697. The van der Waals surface area contributed by atoms with Gasteiger partial charge in [0.1, 0.15) is 10.8 Å². The molecule has 0 atom stereocenters. The lowest BCUT2D eigenvalue weighted by Gasteiger charge is -2.06. The van der Waals surface area contributed by atoms with Gasteiger partial charge in [-0.05, 0) is 31.2 Å². The first-order valence-electron chi connectivity index (χ1n) is 6.80. The highest BCUT2D eigenvalue weighted by atomic mass is 32.1. The number of nitrogens with zero attached hydrogens (tertiary/aromatic N) is 3. The molecule has 0 bridgehead atoms. The van der Waals surface area contributed by atoms with Crippen molar-refractivity contribution in [2.45, 2.75) is 6.92 Å². The van der Waals surface area contributed by atoms with Gasteiger partial charge in [0.2, 0.25) is 0 Å². The van der Waals surface area contributed by atoms with Crippen molar-refractivity contribution >= 4 is 23.4 Å². The van der Waals surface area contributed by atoms with E-state index in [-0.39, 0.29) is 0 Å². The predicted molar refractivity (Wildman–Crippen MR) is 90.7 cm³/mol. The fourth-order valence-corrected chi connectivity index (χ4v) is 3.19. The molecule has 0 spiro atoms. The number of aryl methyl sites for hydroxylation is 1. The smallest absolute Gasteiger partial charge is 0.135 e. The molecule has 3 aromatic rings. The van der Waals surface area contributed by atoms with Gasteiger partial charge in [0, 0.05) is 36.8 Å². The van der Waals surface area contributed by atoms with Gasteiger partial charge in [0.05, 0.1) is 16.3 Å². The second-order valence-electron chi connectivity index (χ2n) is 4.70. The number of hydrogen-bond donors (Lipinski definition) is 2. The summed E-state index contributed by atoms with van der Waals surface area (Å²) in [4.78, 5) is 14.4. The van der Waals surface area contributed by atoms with E-state index in [1.54, 1.807) is 24.6 Å². The Morgan fingerprint density at radius 2 is 2.09 bits per heavy atom. The SMILES string of the molecule is CNc1nc(-c2sc(-c3cccnc3)nc2C)ccc1C=N. The molecule has 0 radical (unpaired) electrons. The monoisotopic (exact) mass is 309 g/mol. The summed E-state index contributed by atoms with van der Waals surface area (Å²) in [7, 11) is 1.81. The maximum absolute atomic E-state index is 7.40. The minimum Gasteiger partial charge on any atom is -0.373 e. The maximum Gasteiger partial charge on any atom is 0.135 e. The molecule has 0 aliphatic carbocycles. The summed E-state index contributed by atoms with van der Waals surface area (Å²) in [5, 5.41) is 11.4. The van der Waals surface area contributed by atoms with Gasteiger partial charge in [-0.15, -0.1) is 11.3 Å². The number of nitrogens with one attached hydrogen (secondary N) is 2. The quantitative estimate of drug-likeness (QED) is 0.722. The summed E-state index contributed by atoms with van der Waals surface area (Å²) in [5.74, 6) is 0.697. The van der Waals surface area contributed by atoms with Gasteiger partial charge in [-0.1, -0.05) is 0 Å². The van der Waals surface area contributed by atoms with Crippen LogP contribution in [0, 0.1) is 12.3 Å². The van der Waals surface area contributed by atoms with Crippen molar-refractivity contribution in [1.82, 2.24) is 15.0 Å². The number of anilines is 1. The van der Waals surface area contributed by atoms with Crippen LogP contribution in [0.2, 0.25) is 0 Å². The number of hydrogen-bond acceptors (Lipinski definition) is 6. The largest absolute Gasteiger partial charge is 0.373 e. The standard InChI is InChI=1S/C16H15N5S/c1-10-14(13-6-5-11(8-17)15(18-2)21-13)22-16(20-10)12-4-3-7-19-9-12/h3-9,17H,1-2H3,(H,18,21). The molecular weight excluding hydrogens is 294 g/mol. The molecule has 0 aliphatic rings. The van der Waals surface area contributed by atoms with E-state index in [1.165, 1.54) is 6.21 Å². The molecule has 110 valence electrons. The van der Waals surface area contributed by atoms with E-state index in [4.69, 9.17) is 5.41 Å². The molecule has 0 saturated heterocycles. The second-order valence-corrected chi connectivity index (χ2v) is 5.70. The van der Waals surface area contributed by atoms with Crippen LogP contribution in [0.3, 0.4) is 0 Å². The molecule has 22 heavy (non-hydrogen) atoms. The third-order valence-electron chi connectivity index (χ3n) is 3.26. The summed E-state index contributed by atoms with van der Waals surface area (Å²) in [6.07, 6.45) is 4.86. The minimum absolute atomic E-state index is 0.697. The van der Waals surface area contributed by atoms with Crippen LogP contribution in [0.1, 0.15) is 11.3 Å². The second kappa shape index (κ2) is 6.03. The lowest BCUT2D eigenvalue weighted by atomic mass is 10.2. The average molecular weight is 309 g/mol. The van der Waals surface area contributed by atoms with Crippen LogP contribution in [0.25, 0.3) is 21.1 Å². The van der Waals surface area contributed by atoms with Crippen molar-refractivity contribution in [2.24, 2.45) is 0 Å². The highest BCUT2D eigenvalue weighted by Gasteiger charge is 2.13. The zero-order chi connectivity index (χ0) is 15.5. The maximum atomic E-state index is 7.40. The van der Waals surface area contributed by atoms with E-state index in [1.807, 2.05) is 37.4 Å². The lowest BCUT2D eigenvalue weighted by molar-refractivity contribution is 1.23. The predicted octanol–water partition coefficient (Wildman–Crippen LogP) is 3.61. The van der Waals surface area contributed by atoms with Crippen molar-refractivity contribution in [3.63, 3.8) is 0 Å². The average Bonchev–Trinajstić information content (AvgIpc) is 2.97. The molecule has 0 fully saturated rings. The molecule has 0 saturated carbocycles. The molecule has 3 heterocycles. The number of pyridine rings is 2. The number of aromatic nitrogens is 3. The summed E-state index contributed by atoms with van der Waals surface area (Å²) in [6.45, 7) is 1.98. The van der Waals surface area contributed by atoms with Crippen LogP contribution in [0.4, 0.5) is 5.82 Å². The Balaban J connectivity index is 2.06. The Kier molecular flexibility index (Phi) is 3.93. The summed E-state index contributed by atoms with van der Waals surface area (Å²) < 4.78 is 0. The van der Waals surface area contributed by atoms with Gasteiger partial charge >= 0.3 is 0 Å². The Bertz CT molecular complexity index is 811. The van der Waals surface area contributed by atoms with Gasteiger partial charge in [-0.25, -0.2) is 9.97 Å². The first-order chi connectivity index (χ1) is 10.7. The summed E-state index contributed by atoms with van der Waals surface area (Å²) >= 11 is 1.60. The third-order valence-corrected chi connectivity index (χ3v) is 4.49. The normalized spacial score (nSPS) is 10.5. The van der Waals surface area contributed by atoms with Crippen LogP contribution in [-0.2, 0) is 0 Å². The molecule has 5 nitrogen and oxygen atoms in total. The molecule has 2 N–H and O–H groups in total. The molecule has 0 amide bonds. The van der Waals surface area contributed by atoms with Gasteiger partial charge in [-0.3, -0.25) is 4.98 Å². The summed E-state index contributed by atoms with van der Waals surface area (Å²) in [6, 6.07) is 7.72. The van der Waals surface area contributed by atoms with Crippen LogP contribution in [-0.4, -0.2) is 28.2 Å². The van der Waals surface area contributed by atoms with E-state index in [0.717, 1.165) is 32.4 Å². The Hall–Kier alpha value is -2.60. The van der Waals surface area contributed by atoms with Gasteiger partial charge < -0.3 is 10.7 Å². The Labute approximate surface area is 132 Å². The van der Waals surface area contributed by atoms with Crippen molar-refractivity contribution in [3.05, 3.63) is 47.9 Å². The van der Waals surface area contributed by atoms with E-state index >= 15 is 0 Å². The van der Waals surface area contributed by atoms with Crippen molar-refractivity contribution < 1.29 is 0 Å². The third kappa shape index (κ3) is 2.60. The van der Waals surface area contributed by atoms with Gasteiger partial charge in [-0.2, -0.15) is 0 Å². The summed E-state index contributed by atoms with van der Waals surface area (Å²) in [5.41, 5.74) is 3.58. The first-order valence-corrected chi connectivity index (χ1v) is 7.62. The molecule has 0 unspecified atom stereocenters. The molecule has 3 aromatic heterocycles. The zero-order valence-electron chi connectivity index (χ0n) is 12.3. The molecule has 3 rings (SSSR count). The van der Waals surface area contributed by atoms with Crippen molar-refractivity contribution in [3.8, 4) is 21.1 Å². The van der Waals surface area contributed by atoms with Crippen LogP contribution in [0.15, 0.2) is 36.7 Å². The fraction of sp³-hybridized carbons (Fsp3) is 0.125.